The monoisotopic (exact) mass is 267 g/mol. The molecule has 1 aromatic heterocycles. The van der Waals surface area contributed by atoms with Gasteiger partial charge in [-0.25, -0.2) is 9.78 Å². The smallest absolute Gasteiger partial charge is 0.343 e. The minimum Gasteiger partial charge on any atom is -0.441 e. The number of ether oxygens (including phenoxy) is 1. The highest BCUT2D eigenvalue weighted by molar-refractivity contribution is 5.91. The van der Waals surface area contributed by atoms with E-state index in [1.807, 2.05) is 19.1 Å². The van der Waals surface area contributed by atoms with Gasteiger partial charge in [-0.15, -0.1) is 0 Å². The van der Waals surface area contributed by atoms with Gasteiger partial charge in [-0.2, -0.15) is 0 Å². The number of nitrogens with zero attached hydrogens (tertiary/aromatic N) is 1. The lowest BCUT2D eigenvalue weighted by Crippen LogP contribution is -2.08. The second-order valence-electron chi connectivity index (χ2n) is 4.62. The van der Waals surface area contributed by atoms with Gasteiger partial charge in [0.25, 0.3) is 0 Å². The lowest BCUT2D eigenvalue weighted by Gasteiger charge is -2.04. The van der Waals surface area contributed by atoms with Gasteiger partial charge in [0, 0.05) is 13.0 Å². The zero-order valence-corrected chi connectivity index (χ0v) is 11.2. The van der Waals surface area contributed by atoms with E-state index in [1.165, 1.54) is 0 Å². The van der Waals surface area contributed by atoms with Crippen LogP contribution < -0.4 is 4.74 Å². The van der Waals surface area contributed by atoms with Crippen LogP contribution in [0.15, 0.2) is 46.9 Å². The minimum atomic E-state index is -0.385. The average Bonchev–Trinajstić information content (AvgIpc) is 2.78. The Morgan fingerprint density at radius 2 is 2.00 bits per heavy atom. The number of hydrogen-bond donors (Lipinski definition) is 0. The highest BCUT2D eigenvalue weighted by Gasteiger charge is 2.10. The highest BCUT2D eigenvalue weighted by atomic mass is 16.5. The molecule has 0 saturated heterocycles. The molecule has 0 amide bonds. The molecule has 0 radical (unpaired) electrons. The van der Waals surface area contributed by atoms with Crippen molar-refractivity contribution in [3.63, 3.8) is 0 Å². The molecular weight excluding hydrogens is 254 g/mol. The van der Waals surface area contributed by atoms with Crippen LogP contribution in [-0.4, -0.2) is 11.0 Å². The van der Waals surface area contributed by atoms with Crippen LogP contribution in [0.4, 0.5) is 0 Å². The fourth-order valence-electron chi connectivity index (χ4n) is 2.02. The molecule has 4 heteroatoms. The number of esters is 1. The van der Waals surface area contributed by atoms with Crippen molar-refractivity contribution >= 4 is 17.1 Å². The number of aromatic nitrogens is 1. The SMILES string of the molecule is Cc1cccc(C(=O)Oc2ccc3nc(C)oc3c2)c1. The van der Waals surface area contributed by atoms with Gasteiger partial charge in [-0.05, 0) is 31.2 Å². The summed E-state index contributed by atoms with van der Waals surface area (Å²) in [6, 6.07) is 12.4. The van der Waals surface area contributed by atoms with Gasteiger partial charge in [0.15, 0.2) is 11.5 Å². The highest BCUT2D eigenvalue weighted by Crippen LogP contribution is 2.22. The largest absolute Gasteiger partial charge is 0.441 e. The predicted octanol–water partition coefficient (Wildman–Crippen LogP) is 3.66. The molecule has 100 valence electrons. The summed E-state index contributed by atoms with van der Waals surface area (Å²) in [7, 11) is 0. The summed E-state index contributed by atoms with van der Waals surface area (Å²) in [5.74, 6) is 0.645. The third-order valence-electron chi connectivity index (χ3n) is 2.93. The van der Waals surface area contributed by atoms with Gasteiger partial charge in [0.05, 0.1) is 5.56 Å². The van der Waals surface area contributed by atoms with E-state index in [1.54, 1.807) is 37.3 Å². The molecule has 0 fully saturated rings. The molecular formula is C16H13NO3. The average molecular weight is 267 g/mol. The topological polar surface area (TPSA) is 52.3 Å². The van der Waals surface area contributed by atoms with Gasteiger partial charge in [-0.3, -0.25) is 0 Å². The lowest BCUT2D eigenvalue weighted by molar-refractivity contribution is 0.0735. The number of benzene rings is 2. The van der Waals surface area contributed by atoms with E-state index in [0.29, 0.717) is 22.8 Å². The predicted molar refractivity (Wildman–Crippen MR) is 74.9 cm³/mol. The van der Waals surface area contributed by atoms with Crippen LogP contribution in [0, 0.1) is 13.8 Å². The first-order chi connectivity index (χ1) is 9.61. The Balaban J connectivity index is 1.87. The summed E-state index contributed by atoms with van der Waals surface area (Å²) in [5.41, 5.74) is 2.90. The Kier molecular flexibility index (Phi) is 2.99. The fraction of sp³-hybridized carbons (Fsp3) is 0.125. The molecule has 20 heavy (non-hydrogen) atoms. The Hall–Kier alpha value is -2.62. The zero-order chi connectivity index (χ0) is 14.1. The summed E-state index contributed by atoms with van der Waals surface area (Å²) in [5, 5.41) is 0. The maximum absolute atomic E-state index is 12.0. The maximum atomic E-state index is 12.0. The zero-order valence-electron chi connectivity index (χ0n) is 11.2. The summed E-state index contributed by atoms with van der Waals surface area (Å²) < 4.78 is 10.8. The van der Waals surface area contributed by atoms with Crippen molar-refractivity contribution in [3.8, 4) is 5.75 Å². The molecule has 0 unspecified atom stereocenters. The van der Waals surface area contributed by atoms with Gasteiger partial charge >= 0.3 is 5.97 Å². The fourth-order valence-corrected chi connectivity index (χ4v) is 2.02. The van der Waals surface area contributed by atoms with Crippen molar-refractivity contribution in [1.29, 1.82) is 0 Å². The van der Waals surface area contributed by atoms with Crippen molar-refractivity contribution in [3.05, 3.63) is 59.5 Å². The molecule has 0 spiro atoms. The number of fused-ring (bicyclic) bond motifs is 1. The normalized spacial score (nSPS) is 10.7. The van der Waals surface area contributed by atoms with Crippen LogP contribution in [0.25, 0.3) is 11.1 Å². The Morgan fingerprint density at radius 3 is 2.80 bits per heavy atom. The van der Waals surface area contributed by atoms with Gasteiger partial charge in [0.1, 0.15) is 11.3 Å². The first kappa shape index (κ1) is 12.4. The summed E-state index contributed by atoms with van der Waals surface area (Å²) in [6.07, 6.45) is 0. The van der Waals surface area contributed by atoms with Crippen molar-refractivity contribution < 1.29 is 13.9 Å². The van der Waals surface area contributed by atoms with Crippen LogP contribution in [0.1, 0.15) is 21.8 Å². The molecule has 3 aromatic rings. The van der Waals surface area contributed by atoms with E-state index in [2.05, 4.69) is 4.98 Å². The lowest BCUT2D eigenvalue weighted by atomic mass is 10.1. The third kappa shape index (κ3) is 2.40. The molecule has 1 heterocycles. The Labute approximate surface area is 116 Å². The summed E-state index contributed by atoms with van der Waals surface area (Å²) in [6.45, 7) is 3.71. The second kappa shape index (κ2) is 4.81. The van der Waals surface area contributed by atoms with Crippen LogP contribution >= 0.6 is 0 Å². The van der Waals surface area contributed by atoms with Crippen molar-refractivity contribution in [1.82, 2.24) is 4.98 Å². The molecule has 0 bridgehead atoms. The summed E-state index contributed by atoms with van der Waals surface area (Å²) >= 11 is 0. The van der Waals surface area contributed by atoms with E-state index in [9.17, 15) is 4.79 Å². The number of rotatable bonds is 2. The third-order valence-corrected chi connectivity index (χ3v) is 2.93. The molecule has 0 aliphatic rings. The Morgan fingerprint density at radius 1 is 1.15 bits per heavy atom. The van der Waals surface area contributed by atoms with Crippen molar-refractivity contribution in [2.24, 2.45) is 0 Å². The van der Waals surface area contributed by atoms with Crippen LogP contribution in [0.3, 0.4) is 0 Å². The Bertz CT molecular complexity index is 789. The molecule has 4 nitrogen and oxygen atoms in total. The molecule has 0 saturated carbocycles. The maximum Gasteiger partial charge on any atom is 0.343 e. The van der Waals surface area contributed by atoms with Gasteiger partial charge in [-0.1, -0.05) is 17.7 Å². The standard InChI is InChI=1S/C16H13NO3/c1-10-4-3-5-12(8-10)16(18)20-13-6-7-14-15(9-13)19-11(2)17-14/h3-9H,1-2H3. The second-order valence-corrected chi connectivity index (χ2v) is 4.62. The molecule has 0 atom stereocenters. The number of carbonyl (C=O) groups is 1. The number of carbonyl (C=O) groups excluding carboxylic acids is 1. The van der Waals surface area contributed by atoms with Crippen LogP contribution in [0.5, 0.6) is 5.75 Å². The minimum absolute atomic E-state index is 0.385. The number of aryl methyl sites for hydroxylation is 2. The molecule has 2 aromatic carbocycles. The number of hydrogen-bond acceptors (Lipinski definition) is 4. The van der Waals surface area contributed by atoms with Crippen LogP contribution in [0.2, 0.25) is 0 Å². The van der Waals surface area contributed by atoms with E-state index in [4.69, 9.17) is 9.15 Å². The van der Waals surface area contributed by atoms with Gasteiger partial charge in [0.2, 0.25) is 0 Å². The van der Waals surface area contributed by atoms with Crippen molar-refractivity contribution in [2.45, 2.75) is 13.8 Å². The summed E-state index contributed by atoms with van der Waals surface area (Å²) in [4.78, 5) is 16.2. The first-order valence-electron chi connectivity index (χ1n) is 6.28. The van der Waals surface area contributed by atoms with E-state index in [-0.39, 0.29) is 5.97 Å². The van der Waals surface area contributed by atoms with E-state index in [0.717, 1.165) is 11.1 Å². The molecule has 0 N–H and O–H groups in total. The first-order valence-corrected chi connectivity index (χ1v) is 6.28. The van der Waals surface area contributed by atoms with E-state index < -0.39 is 0 Å². The molecule has 3 rings (SSSR count). The van der Waals surface area contributed by atoms with Gasteiger partial charge < -0.3 is 9.15 Å². The molecule has 0 aliphatic heterocycles. The van der Waals surface area contributed by atoms with Crippen molar-refractivity contribution in [2.75, 3.05) is 0 Å². The van der Waals surface area contributed by atoms with E-state index >= 15 is 0 Å². The number of oxazole rings is 1. The molecule has 0 aliphatic carbocycles. The van der Waals surface area contributed by atoms with Crippen LogP contribution in [-0.2, 0) is 0 Å². The quantitative estimate of drug-likeness (QED) is 0.525.